The molecule has 0 amide bonds. The molecule has 0 radical (unpaired) electrons. The smallest absolute Gasteiger partial charge is 0.309 e. The van der Waals surface area contributed by atoms with Gasteiger partial charge in [-0.15, -0.1) is 0 Å². The Labute approximate surface area is 99.6 Å². The van der Waals surface area contributed by atoms with Crippen LogP contribution in [0.15, 0.2) is 0 Å². The van der Waals surface area contributed by atoms with Crippen LogP contribution >= 0.6 is 0 Å². The molecule has 0 aliphatic carbocycles. The minimum atomic E-state index is -1.52. The average Bonchev–Trinajstić information content (AvgIpc) is 2.17. The Bertz CT molecular complexity index is 259. The van der Waals surface area contributed by atoms with E-state index in [9.17, 15) is 4.79 Å². The van der Waals surface area contributed by atoms with Crippen molar-refractivity contribution < 1.29 is 14.0 Å². The lowest BCUT2D eigenvalue weighted by Crippen LogP contribution is -2.45. The van der Waals surface area contributed by atoms with E-state index in [4.69, 9.17) is 9.16 Å². The minimum Gasteiger partial charge on any atom is -0.459 e. The number of ether oxygens (including phenoxy) is 1. The van der Waals surface area contributed by atoms with Gasteiger partial charge in [-0.2, -0.15) is 0 Å². The second-order valence-corrected chi connectivity index (χ2v) is 10.4. The van der Waals surface area contributed by atoms with Gasteiger partial charge < -0.3 is 9.16 Å². The van der Waals surface area contributed by atoms with Crippen LogP contribution in [0.4, 0.5) is 0 Å². The molecule has 16 heavy (non-hydrogen) atoms. The zero-order valence-electron chi connectivity index (χ0n) is 11.2. The standard InChI is InChI=1S/C12H24O3Si/c1-8-9(2)11(7-14-16(4,5)6)15-12(13)10(8)3/h8-11H,7H2,1-6H3/t8-,9-,10+,11+/m0/s1. The second kappa shape index (κ2) is 4.88. The molecule has 0 saturated carbocycles. The van der Waals surface area contributed by atoms with E-state index in [1.165, 1.54) is 0 Å². The summed E-state index contributed by atoms with van der Waals surface area (Å²) in [6, 6.07) is 0. The first kappa shape index (κ1) is 13.7. The van der Waals surface area contributed by atoms with Crippen LogP contribution in [0.1, 0.15) is 20.8 Å². The number of hydrogen-bond donors (Lipinski definition) is 0. The Morgan fingerprint density at radius 3 is 2.25 bits per heavy atom. The molecule has 0 N–H and O–H groups in total. The van der Waals surface area contributed by atoms with E-state index in [0.717, 1.165) is 0 Å². The number of carbonyl (C=O) groups is 1. The van der Waals surface area contributed by atoms with Crippen molar-refractivity contribution in [1.82, 2.24) is 0 Å². The Balaban J connectivity index is 2.57. The van der Waals surface area contributed by atoms with Crippen LogP contribution in [-0.4, -0.2) is 27.0 Å². The molecule has 0 unspecified atom stereocenters. The molecule has 1 aliphatic heterocycles. The summed E-state index contributed by atoms with van der Waals surface area (Å²) in [7, 11) is -1.52. The highest BCUT2D eigenvalue weighted by atomic mass is 28.4. The highest BCUT2D eigenvalue weighted by molar-refractivity contribution is 6.69. The molecule has 1 fully saturated rings. The minimum absolute atomic E-state index is 0.0122. The van der Waals surface area contributed by atoms with Crippen molar-refractivity contribution >= 4 is 14.3 Å². The average molecular weight is 244 g/mol. The first-order valence-corrected chi connectivity index (χ1v) is 9.47. The Hall–Kier alpha value is -0.353. The molecule has 94 valence electrons. The molecule has 1 saturated heterocycles. The van der Waals surface area contributed by atoms with Gasteiger partial charge in [0.15, 0.2) is 8.32 Å². The van der Waals surface area contributed by atoms with Gasteiger partial charge in [-0.05, 0) is 31.5 Å². The van der Waals surface area contributed by atoms with Crippen molar-refractivity contribution in [2.75, 3.05) is 6.61 Å². The number of cyclic esters (lactones) is 1. The van der Waals surface area contributed by atoms with E-state index in [1.807, 2.05) is 6.92 Å². The molecule has 0 spiro atoms. The quantitative estimate of drug-likeness (QED) is 0.565. The van der Waals surface area contributed by atoms with Gasteiger partial charge in [-0.3, -0.25) is 4.79 Å². The maximum atomic E-state index is 11.6. The van der Waals surface area contributed by atoms with E-state index in [1.54, 1.807) is 0 Å². The van der Waals surface area contributed by atoms with Crippen LogP contribution < -0.4 is 0 Å². The Morgan fingerprint density at radius 1 is 1.19 bits per heavy atom. The predicted molar refractivity (Wildman–Crippen MR) is 66.7 cm³/mol. The fourth-order valence-electron chi connectivity index (χ4n) is 1.89. The van der Waals surface area contributed by atoms with Crippen LogP contribution in [0.5, 0.6) is 0 Å². The SMILES string of the molecule is C[C@H]1[C@H](C)[C@@H](C)C(=O)O[C@@H]1CO[Si](C)(C)C. The number of rotatable bonds is 3. The monoisotopic (exact) mass is 244 g/mol. The fourth-order valence-corrected chi connectivity index (χ4v) is 2.55. The lowest BCUT2D eigenvalue weighted by molar-refractivity contribution is -0.172. The van der Waals surface area contributed by atoms with E-state index < -0.39 is 8.32 Å². The first-order valence-electron chi connectivity index (χ1n) is 6.07. The summed E-state index contributed by atoms with van der Waals surface area (Å²) in [4.78, 5) is 11.6. The maximum absolute atomic E-state index is 11.6. The highest BCUT2D eigenvalue weighted by Crippen LogP contribution is 2.32. The van der Waals surface area contributed by atoms with Crippen LogP contribution in [0.25, 0.3) is 0 Å². The highest BCUT2D eigenvalue weighted by Gasteiger charge is 2.39. The van der Waals surface area contributed by atoms with Gasteiger partial charge in [-0.1, -0.05) is 20.8 Å². The van der Waals surface area contributed by atoms with Gasteiger partial charge >= 0.3 is 5.97 Å². The molecule has 0 bridgehead atoms. The summed E-state index contributed by atoms with van der Waals surface area (Å²) in [5.41, 5.74) is 0. The topological polar surface area (TPSA) is 35.5 Å². The molecule has 4 heteroatoms. The molecule has 0 aromatic carbocycles. The third-order valence-corrected chi connectivity index (χ3v) is 4.56. The Morgan fingerprint density at radius 2 is 1.75 bits per heavy atom. The van der Waals surface area contributed by atoms with Crippen LogP contribution in [0.3, 0.4) is 0 Å². The second-order valence-electron chi connectivity index (χ2n) is 5.91. The van der Waals surface area contributed by atoms with Gasteiger partial charge in [0.05, 0.1) is 12.5 Å². The van der Waals surface area contributed by atoms with Gasteiger partial charge in [0, 0.05) is 0 Å². The van der Waals surface area contributed by atoms with Crippen molar-refractivity contribution in [3.63, 3.8) is 0 Å². The van der Waals surface area contributed by atoms with E-state index >= 15 is 0 Å². The molecule has 4 atom stereocenters. The van der Waals surface area contributed by atoms with Crippen LogP contribution in [-0.2, 0) is 14.0 Å². The lowest BCUT2D eigenvalue weighted by atomic mass is 9.80. The van der Waals surface area contributed by atoms with E-state index in [2.05, 4.69) is 33.5 Å². The summed E-state index contributed by atoms with van der Waals surface area (Å²) < 4.78 is 11.3. The fraction of sp³-hybridized carbons (Fsp3) is 0.917. The summed E-state index contributed by atoms with van der Waals surface area (Å²) in [6.07, 6.45) is -0.0644. The lowest BCUT2D eigenvalue weighted by Gasteiger charge is -2.38. The predicted octanol–water partition coefficient (Wildman–Crippen LogP) is 2.67. The number of esters is 1. The van der Waals surface area contributed by atoms with Gasteiger partial charge in [0.1, 0.15) is 6.10 Å². The van der Waals surface area contributed by atoms with E-state index in [-0.39, 0.29) is 18.0 Å². The molecule has 1 heterocycles. The van der Waals surface area contributed by atoms with Crippen LogP contribution in [0, 0.1) is 17.8 Å². The van der Waals surface area contributed by atoms with E-state index in [0.29, 0.717) is 18.4 Å². The summed E-state index contributed by atoms with van der Waals surface area (Å²) >= 11 is 0. The zero-order chi connectivity index (χ0) is 12.5. The summed E-state index contributed by atoms with van der Waals surface area (Å²) in [5, 5.41) is 0. The van der Waals surface area contributed by atoms with Crippen molar-refractivity contribution in [3.05, 3.63) is 0 Å². The number of hydrogen-bond acceptors (Lipinski definition) is 3. The maximum Gasteiger partial charge on any atom is 0.309 e. The van der Waals surface area contributed by atoms with Gasteiger partial charge in [-0.25, -0.2) is 0 Å². The Kier molecular flexibility index (Phi) is 4.18. The normalized spacial score (nSPS) is 36.0. The molecule has 3 nitrogen and oxygen atoms in total. The van der Waals surface area contributed by atoms with Crippen LogP contribution in [0.2, 0.25) is 19.6 Å². The third-order valence-electron chi connectivity index (χ3n) is 3.52. The van der Waals surface area contributed by atoms with Gasteiger partial charge in [0.25, 0.3) is 0 Å². The molecule has 0 aromatic heterocycles. The molecular formula is C12H24O3Si. The van der Waals surface area contributed by atoms with Crippen molar-refractivity contribution in [1.29, 1.82) is 0 Å². The van der Waals surface area contributed by atoms with Crippen molar-refractivity contribution in [3.8, 4) is 0 Å². The molecule has 1 rings (SSSR count). The van der Waals surface area contributed by atoms with Crippen molar-refractivity contribution in [2.45, 2.75) is 46.5 Å². The molecule has 0 aromatic rings. The number of carbonyl (C=O) groups excluding carboxylic acids is 1. The van der Waals surface area contributed by atoms with Crippen molar-refractivity contribution in [2.24, 2.45) is 17.8 Å². The van der Waals surface area contributed by atoms with Gasteiger partial charge in [0.2, 0.25) is 0 Å². The summed E-state index contributed by atoms with van der Waals surface area (Å²) in [5.74, 6) is 0.688. The molecule has 1 aliphatic rings. The molecular weight excluding hydrogens is 220 g/mol. The first-order chi connectivity index (χ1) is 7.22. The third kappa shape index (κ3) is 3.32. The summed E-state index contributed by atoms with van der Waals surface area (Å²) in [6.45, 7) is 13.2. The largest absolute Gasteiger partial charge is 0.459 e. The zero-order valence-corrected chi connectivity index (χ0v) is 12.2.